The molecule has 0 aromatic rings. The molecule has 106 valence electrons. The summed E-state index contributed by atoms with van der Waals surface area (Å²) >= 11 is 1.81. The second kappa shape index (κ2) is 5.73. The number of likely N-dealkylation sites (tertiary alicyclic amines) is 1. The van der Waals surface area contributed by atoms with E-state index in [-0.39, 0.29) is 5.91 Å². The molecular formula is C14H23N3OS. The van der Waals surface area contributed by atoms with Crippen LogP contribution >= 0.6 is 11.8 Å². The predicted octanol–water partition coefficient (Wildman–Crippen LogP) is 1.86. The topological polar surface area (TPSA) is 44.7 Å². The highest BCUT2D eigenvalue weighted by atomic mass is 32.2. The van der Waals surface area contributed by atoms with Gasteiger partial charge in [0.2, 0.25) is 5.91 Å². The first-order valence-electron chi connectivity index (χ1n) is 7.46. The van der Waals surface area contributed by atoms with Gasteiger partial charge < -0.3 is 10.2 Å². The lowest BCUT2D eigenvalue weighted by Gasteiger charge is -2.31. The summed E-state index contributed by atoms with van der Waals surface area (Å²) in [6.07, 6.45) is 7.72. The summed E-state index contributed by atoms with van der Waals surface area (Å²) in [5.41, 5.74) is 0.481. The summed E-state index contributed by atoms with van der Waals surface area (Å²) in [7, 11) is 0. The zero-order chi connectivity index (χ0) is 13.1. The number of hydrogen-bond acceptors (Lipinski definition) is 4. The van der Waals surface area contributed by atoms with Gasteiger partial charge in [0.1, 0.15) is 0 Å². The van der Waals surface area contributed by atoms with Crippen LogP contribution in [0.5, 0.6) is 0 Å². The van der Waals surface area contributed by atoms with Crippen molar-refractivity contribution in [2.24, 2.45) is 10.4 Å². The summed E-state index contributed by atoms with van der Waals surface area (Å²) in [5.74, 6) is 1.40. The number of amidine groups is 1. The van der Waals surface area contributed by atoms with Crippen LogP contribution in [0.25, 0.3) is 0 Å². The van der Waals surface area contributed by atoms with Gasteiger partial charge in [0.25, 0.3) is 0 Å². The molecule has 2 heterocycles. The number of nitrogens with one attached hydrogen (secondary N) is 1. The van der Waals surface area contributed by atoms with Gasteiger partial charge in [-0.2, -0.15) is 0 Å². The maximum absolute atomic E-state index is 11.9. The van der Waals surface area contributed by atoms with E-state index in [0.29, 0.717) is 12.0 Å². The third-order valence-corrected chi connectivity index (χ3v) is 5.89. The predicted molar refractivity (Wildman–Crippen MR) is 79.5 cm³/mol. The third-order valence-electron chi connectivity index (χ3n) is 4.59. The Morgan fingerprint density at radius 1 is 1.26 bits per heavy atom. The fraction of sp³-hybridized carbons (Fsp3) is 0.857. The molecule has 0 aromatic carbocycles. The molecule has 19 heavy (non-hydrogen) atoms. The van der Waals surface area contributed by atoms with E-state index in [1.165, 1.54) is 31.4 Å². The normalized spacial score (nSPS) is 25.7. The minimum Gasteiger partial charge on any atom is -0.356 e. The zero-order valence-electron chi connectivity index (χ0n) is 11.5. The van der Waals surface area contributed by atoms with Crippen molar-refractivity contribution in [2.75, 3.05) is 31.9 Å². The molecule has 0 radical (unpaired) electrons. The molecule has 0 unspecified atom stereocenters. The Morgan fingerprint density at radius 3 is 2.63 bits per heavy atom. The largest absolute Gasteiger partial charge is 0.356 e. The molecule has 1 spiro atoms. The first-order valence-corrected chi connectivity index (χ1v) is 8.45. The van der Waals surface area contributed by atoms with Crippen LogP contribution in [0.2, 0.25) is 0 Å². The van der Waals surface area contributed by atoms with Crippen molar-refractivity contribution >= 4 is 22.8 Å². The molecule has 2 fully saturated rings. The third kappa shape index (κ3) is 3.07. The van der Waals surface area contributed by atoms with Crippen molar-refractivity contribution in [3.05, 3.63) is 0 Å². The molecule has 1 amide bonds. The van der Waals surface area contributed by atoms with Gasteiger partial charge in [0.15, 0.2) is 5.17 Å². The number of carbonyl (C=O) groups is 1. The lowest BCUT2D eigenvalue weighted by Crippen LogP contribution is -2.40. The van der Waals surface area contributed by atoms with E-state index < -0.39 is 0 Å². The molecule has 4 nitrogen and oxygen atoms in total. The van der Waals surface area contributed by atoms with Gasteiger partial charge >= 0.3 is 0 Å². The summed E-state index contributed by atoms with van der Waals surface area (Å²) in [6.45, 7) is 3.24. The number of nitrogens with zero attached hydrogens (tertiary/aromatic N) is 2. The molecule has 0 atom stereocenters. The number of aliphatic imine (C=N–C) groups is 1. The molecule has 1 N–H and O–H groups in total. The van der Waals surface area contributed by atoms with Crippen molar-refractivity contribution in [1.82, 2.24) is 10.2 Å². The monoisotopic (exact) mass is 281 g/mol. The van der Waals surface area contributed by atoms with E-state index in [4.69, 9.17) is 0 Å². The van der Waals surface area contributed by atoms with Crippen LogP contribution in [0.3, 0.4) is 0 Å². The molecule has 3 aliphatic rings. The van der Waals surface area contributed by atoms with Gasteiger partial charge in [-0.25, -0.2) is 0 Å². The Balaban J connectivity index is 1.46. The van der Waals surface area contributed by atoms with Crippen LogP contribution in [0.4, 0.5) is 0 Å². The van der Waals surface area contributed by atoms with Crippen LogP contribution in [0, 0.1) is 5.41 Å². The Labute approximate surface area is 119 Å². The molecule has 3 rings (SSSR count). The van der Waals surface area contributed by atoms with Gasteiger partial charge in [-0.3, -0.25) is 9.79 Å². The highest BCUT2D eigenvalue weighted by Crippen LogP contribution is 2.43. The molecule has 1 aliphatic carbocycles. The highest BCUT2D eigenvalue weighted by Gasteiger charge is 2.36. The van der Waals surface area contributed by atoms with Gasteiger partial charge in [-0.15, -0.1) is 0 Å². The Hall–Kier alpha value is -0.710. The Bertz CT molecular complexity index is 371. The maximum atomic E-state index is 11.9. The van der Waals surface area contributed by atoms with E-state index in [1.807, 2.05) is 16.7 Å². The standard InChI is InChI=1S/C14H23N3OS/c18-12(17-7-3-4-8-17)9-15-13-16-10-14(11-19-13)5-1-2-6-14/h1-11H2,(H,15,16). The zero-order valence-corrected chi connectivity index (χ0v) is 12.3. The van der Waals surface area contributed by atoms with Gasteiger partial charge in [0.05, 0.1) is 6.54 Å². The van der Waals surface area contributed by atoms with E-state index in [1.54, 1.807) is 0 Å². The second-order valence-electron chi connectivity index (χ2n) is 6.06. The number of hydrogen-bond donors (Lipinski definition) is 1. The second-order valence-corrected chi connectivity index (χ2v) is 7.02. The van der Waals surface area contributed by atoms with Crippen molar-refractivity contribution in [2.45, 2.75) is 38.5 Å². The van der Waals surface area contributed by atoms with Gasteiger partial charge in [-0.1, -0.05) is 24.6 Å². The van der Waals surface area contributed by atoms with Crippen LogP contribution in [-0.4, -0.2) is 47.9 Å². The lowest BCUT2D eigenvalue weighted by atomic mass is 9.89. The van der Waals surface area contributed by atoms with Crippen molar-refractivity contribution in [3.63, 3.8) is 0 Å². The number of carbonyl (C=O) groups excluding carboxylic acids is 1. The van der Waals surface area contributed by atoms with Gasteiger partial charge in [-0.05, 0) is 31.1 Å². The summed E-state index contributed by atoms with van der Waals surface area (Å²) in [6, 6.07) is 0. The van der Waals surface area contributed by atoms with Crippen LogP contribution in [-0.2, 0) is 4.79 Å². The number of amides is 1. The fourth-order valence-electron chi connectivity index (χ4n) is 3.32. The summed E-state index contributed by atoms with van der Waals surface area (Å²) in [4.78, 5) is 18.6. The minimum atomic E-state index is 0.224. The van der Waals surface area contributed by atoms with Crippen molar-refractivity contribution in [3.8, 4) is 0 Å². The van der Waals surface area contributed by atoms with Crippen molar-refractivity contribution in [1.29, 1.82) is 0 Å². The fourth-order valence-corrected chi connectivity index (χ4v) is 4.47. The molecular weight excluding hydrogens is 258 g/mol. The first kappa shape index (κ1) is 13.3. The average Bonchev–Trinajstić information content (AvgIpc) is 3.09. The average molecular weight is 281 g/mol. The number of thioether (sulfide) groups is 1. The molecule has 0 bridgehead atoms. The maximum Gasteiger partial charge on any atom is 0.241 e. The minimum absolute atomic E-state index is 0.224. The smallest absolute Gasteiger partial charge is 0.241 e. The van der Waals surface area contributed by atoms with Crippen LogP contribution in [0.15, 0.2) is 4.99 Å². The Kier molecular flexibility index (Phi) is 4.01. The van der Waals surface area contributed by atoms with E-state index in [0.717, 1.165) is 37.6 Å². The van der Waals surface area contributed by atoms with E-state index in [9.17, 15) is 4.79 Å². The molecule has 1 saturated heterocycles. The quantitative estimate of drug-likeness (QED) is 0.840. The molecule has 2 aliphatic heterocycles. The molecule has 0 aromatic heterocycles. The summed E-state index contributed by atoms with van der Waals surface area (Å²) < 4.78 is 0. The van der Waals surface area contributed by atoms with E-state index >= 15 is 0 Å². The lowest BCUT2D eigenvalue weighted by molar-refractivity contribution is -0.128. The van der Waals surface area contributed by atoms with Crippen LogP contribution < -0.4 is 5.32 Å². The summed E-state index contributed by atoms with van der Waals surface area (Å²) in [5, 5.41) is 4.20. The molecule has 1 saturated carbocycles. The van der Waals surface area contributed by atoms with E-state index in [2.05, 4.69) is 10.3 Å². The Morgan fingerprint density at radius 2 is 2.00 bits per heavy atom. The molecule has 5 heteroatoms. The first-order chi connectivity index (χ1) is 9.27. The SMILES string of the molecule is O=C(CNC1=NCC2(CCCC2)CS1)N1CCCC1. The van der Waals surface area contributed by atoms with Crippen molar-refractivity contribution < 1.29 is 4.79 Å². The number of rotatable bonds is 2. The van der Waals surface area contributed by atoms with Gasteiger partial charge in [0, 0.05) is 25.4 Å². The van der Waals surface area contributed by atoms with Crippen LogP contribution in [0.1, 0.15) is 38.5 Å². The highest BCUT2D eigenvalue weighted by molar-refractivity contribution is 8.13.